The number of ether oxygens (including phenoxy) is 2. The Morgan fingerprint density at radius 2 is 1.88 bits per heavy atom. The number of rotatable bonds is 9. The number of likely N-dealkylation sites (tertiary alicyclic amines) is 1. The van der Waals surface area contributed by atoms with Crippen LogP contribution in [0.4, 0.5) is 8.78 Å². The second-order valence-corrected chi connectivity index (χ2v) is 10.7. The fraction of sp³-hybridized carbons (Fsp3) is 0.344. The van der Waals surface area contributed by atoms with Gasteiger partial charge in [0.05, 0.1) is 35.8 Å². The normalized spacial score (nSPS) is 17.6. The molecule has 2 aliphatic rings. The van der Waals surface area contributed by atoms with E-state index < -0.39 is 17.6 Å². The van der Waals surface area contributed by atoms with Gasteiger partial charge in [0.1, 0.15) is 18.2 Å². The number of nitrogens with zero attached hydrogens (tertiary/aromatic N) is 4. The molecule has 8 nitrogen and oxygen atoms in total. The Kier molecular flexibility index (Phi) is 7.87. The molecule has 2 aromatic carbocycles. The van der Waals surface area contributed by atoms with Crippen LogP contribution in [-0.4, -0.2) is 56.3 Å². The lowest BCUT2D eigenvalue weighted by Gasteiger charge is -2.32. The average molecular weight is 573 g/mol. The van der Waals surface area contributed by atoms with Crippen molar-refractivity contribution in [3.8, 4) is 18.2 Å². The molecule has 4 aromatic rings. The molecule has 216 valence electrons. The number of aromatic carboxylic acids is 1. The van der Waals surface area contributed by atoms with Gasteiger partial charge in [-0.2, -0.15) is 0 Å². The molecule has 2 fully saturated rings. The smallest absolute Gasteiger partial charge is 0.335 e. The Labute approximate surface area is 241 Å². The molecule has 0 radical (unpaired) electrons. The van der Waals surface area contributed by atoms with Crippen molar-refractivity contribution in [3.05, 3.63) is 88.4 Å². The van der Waals surface area contributed by atoms with Crippen molar-refractivity contribution < 1.29 is 28.2 Å². The number of hydrogen-bond donors (Lipinski definition) is 1. The van der Waals surface area contributed by atoms with Crippen molar-refractivity contribution in [2.75, 3.05) is 19.7 Å². The molecule has 1 N–H and O–H groups in total. The molecule has 0 spiro atoms. The van der Waals surface area contributed by atoms with Gasteiger partial charge in [0.15, 0.2) is 5.82 Å². The lowest BCUT2D eigenvalue weighted by molar-refractivity contribution is -0.0592. The molecule has 4 heterocycles. The van der Waals surface area contributed by atoms with Gasteiger partial charge in [0.25, 0.3) is 5.88 Å². The number of carboxylic acids is 1. The van der Waals surface area contributed by atoms with E-state index >= 15 is 0 Å². The van der Waals surface area contributed by atoms with E-state index in [0.29, 0.717) is 18.7 Å². The molecule has 2 aliphatic heterocycles. The summed E-state index contributed by atoms with van der Waals surface area (Å²) in [6, 6.07) is 12.4. The highest BCUT2D eigenvalue weighted by molar-refractivity contribution is 5.92. The molecular weight excluding hydrogens is 542 g/mol. The van der Waals surface area contributed by atoms with Crippen molar-refractivity contribution in [1.82, 2.24) is 19.4 Å². The number of pyridine rings is 1. The zero-order chi connectivity index (χ0) is 29.2. The van der Waals surface area contributed by atoms with E-state index in [4.69, 9.17) is 20.9 Å². The van der Waals surface area contributed by atoms with Crippen molar-refractivity contribution in [2.45, 2.75) is 51.0 Å². The van der Waals surface area contributed by atoms with E-state index in [2.05, 4.69) is 20.4 Å². The summed E-state index contributed by atoms with van der Waals surface area (Å²) in [7, 11) is 0. The van der Waals surface area contributed by atoms with Crippen LogP contribution in [0.3, 0.4) is 0 Å². The number of fused-ring (bicyclic) bond motifs is 1. The minimum Gasteiger partial charge on any atom is -0.478 e. The van der Waals surface area contributed by atoms with Crippen molar-refractivity contribution in [1.29, 1.82) is 0 Å². The van der Waals surface area contributed by atoms with Crippen LogP contribution in [0.1, 0.15) is 58.2 Å². The number of halogens is 2. The van der Waals surface area contributed by atoms with E-state index in [1.807, 2.05) is 0 Å². The van der Waals surface area contributed by atoms with Crippen LogP contribution in [0.15, 0.2) is 48.5 Å². The Morgan fingerprint density at radius 1 is 1.07 bits per heavy atom. The zero-order valence-electron chi connectivity index (χ0n) is 22.9. The van der Waals surface area contributed by atoms with Gasteiger partial charge in [-0.15, -0.1) is 6.42 Å². The third-order valence-corrected chi connectivity index (χ3v) is 8.04. The highest BCUT2D eigenvalue weighted by atomic mass is 19.1. The van der Waals surface area contributed by atoms with E-state index in [9.17, 15) is 18.7 Å². The maximum Gasteiger partial charge on any atom is 0.335 e. The van der Waals surface area contributed by atoms with Crippen LogP contribution >= 0.6 is 0 Å². The molecular formula is C32H30F2N4O4. The van der Waals surface area contributed by atoms with E-state index in [-0.39, 0.29) is 35.6 Å². The third-order valence-electron chi connectivity index (χ3n) is 8.04. The van der Waals surface area contributed by atoms with E-state index in [0.717, 1.165) is 61.5 Å². The van der Waals surface area contributed by atoms with Crippen LogP contribution in [0.25, 0.3) is 11.0 Å². The lowest BCUT2D eigenvalue weighted by Crippen LogP contribution is -2.35. The molecule has 1 atom stereocenters. The number of benzene rings is 2. The fourth-order valence-electron chi connectivity index (χ4n) is 5.52. The summed E-state index contributed by atoms with van der Waals surface area (Å²) in [5.74, 6) is 1.15. The molecule has 0 aliphatic carbocycles. The molecule has 42 heavy (non-hydrogen) atoms. The Hall–Kier alpha value is -4.33. The maximum atomic E-state index is 14.5. The number of piperidine rings is 1. The minimum atomic E-state index is -0.970. The van der Waals surface area contributed by atoms with Crippen LogP contribution in [0.5, 0.6) is 5.88 Å². The molecule has 0 saturated carbocycles. The lowest BCUT2D eigenvalue weighted by atomic mass is 9.93. The Balaban J connectivity index is 1.12. The molecule has 2 aromatic heterocycles. The predicted octanol–water partition coefficient (Wildman–Crippen LogP) is 5.14. The van der Waals surface area contributed by atoms with Crippen LogP contribution in [0.2, 0.25) is 0 Å². The second-order valence-electron chi connectivity index (χ2n) is 10.7. The van der Waals surface area contributed by atoms with Crippen molar-refractivity contribution in [3.63, 3.8) is 0 Å². The Bertz CT molecular complexity index is 1670. The van der Waals surface area contributed by atoms with Gasteiger partial charge >= 0.3 is 5.97 Å². The number of aromatic nitrogens is 3. The van der Waals surface area contributed by atoms with Crippen LogP contribution < -0.4 is 4.74 Å². The van der Waals surface area contributed by atoms with Crippen LogP contribution in [-0.2, 0) is 24.4 Å². The van der Waals surface area contributed by atoms with Gasteiger partial charge in [-0.25, -0.2) is 23.5 Å². The summed E-state index contributed by atoms with van der Waals surface area (Å²) in [5.41, 5.74) is 3.22. The van der Waals surface area contributed by atoms with E-state index in [1.54, 1.807) is 30.3 Å². The molecule has 2 saturated heterocycles. The second kappa shape index (κ2) is 11.9. The van der Waals surface area contributed by atoms with Gasteiger partial charge in [-0.05, 0) is 74.8 Å². The predicted molar refractivity (Wildman–Crippen MR) is 151 cm³/mol. The first-order valence-corrected chi connectivity index (χ1v) is 14.0. The maximum absolute atomic E-state index is 14.5. The number of imidazole rings is 1. The summed E-state index contributed by atoms with van der Waals surface area (Å²) < 4.78 is 42.1. The summed E-state index contributed by atoms with van der Waals surface area (Å²) in [5, 5.41) is 9.49. The summed E-state index contributed by atoms with van der Waals surface area (Å²) in [6.07, 6.45) is 8.00. The molecule has 6 rings (SSSR count). The monoisotopic (exact) mass is 572 g/mol. The highest BCUT2D eigenvalue weighted by Gasteiger charge is 2.26. The summed E-state index contributed by atoms with van der Waals surface area (Å²) in [6.45, 7) is 3.40. The number of carboxylic acid groups (broad SMARTS) is 1. The molecule has 10 heteroatoms. The van der Waals surface area contributed by atoms with Crippen LogP contribution in [0, 0.1) is 24.0 Å². The number of hydrogen-bond acceptors (Lipinski definition) is 6. The highest BCUT2D eigenvalue weighted by Crippen LogP contribution is 2.31. The number of carbonyl (C=O) groups is 1. The van der Waals surface area contributed by atoms with Crippen molar-refractivity contribution in [2.24, 2.45) is 0 Å². The average Bonchev–Trinajstić information content (AvgIpc) is 3.31. The fourth-order valence-corrected chi connectivity index (χ4v) is 5.52. The largest absolute Gasteiger partial charge is 0.478 e. The Morgan fingerprint density at radius 3 is 2.57 bits per heavy atom. The van der Waals surface area contributed by atoms with Gasteiger partial charge in [0, 0.05) is 29.3 Å². The van der Waals surface area contributed by atoms with Gasteiger partial charge in [-0.1, -0.05) is 12.0 Å². The standard InChI is InChI=1S/C32H30F2N4O4/c1-2-20-3-4-23(26(34)15-20)19-42-31-25(33)6-8-27(36-31)21-9-12-37(13-10-21)18-30-35-28-7-5-22(32(39)40)16-29(28)38(30)17-24-11-14-41-24/h1,3-8,15-16,21,24H,9-14,17-19H2,(H,39,40)/t24-/m0/s1. The molecule has 0 bridgehead atoms. The topological polar surface area (TPSA) is 89.7 Å². The first-order chi connectivity index (χ1) is 20.4. The van der Waals surface area contributed by atoms with Gasteiger partial charge < -0.3 is 19.1 Å². The quantitative estimate of drug-likeness (QED) is 0.278. The third kappa shape index (κ3) is 5.84. The minimum absolute atomic E-state index is 0.0974. The zero-order valence-corrected chi connectivity index (χ0v) is 22.9. The van der Waals surface area contributed by atoms with Gasteiger partial charge in [-0.3, -0.25) is 4.90 Å². The number of terminal acetylenes is 1. The summed E-state index contributed by atoms with van der Waals surface area (Å²) >= 11 is 0. The molecule has 0 unspecified atom stereocenters. The van der Waals surface area contributed by atoms with Gasteiger partial charge in [0.2, 0.25) is 0 Å². The van der Waals surface area contributed by atoms with Crippen molar-refractivity contribution >= 4 is 17.0 Å². The van der Waals surface area contributed by atoms with E-state index in [1.165, 1.54) is 18.2 Å². The first-order valence-electron chi connectivity index (χ1n) is 14.0. The first kappa shape index (κ1) is 27.8. The summed E-state index contributed by atoms with van der Waals surface area (Å²) in [4.78, 5) is 23.2. The molecule has 0 amide bonds. The SMILES string of the molecule is C#Cc1ccc(COc2nc(C3CCN(Cc4nc5ccc(C(=O)O)cc5n4C[C@@H]4CCO4)CC3)ccc2F)c(F)c1.